The van der Waals surface area contributed by atoms with E-state index in [9.17, 15) is 4.79 Å². The fraction of sp³-hybridized carbons (Fsp3) is 0.348. The van der Waals surface area contributed by atoms with E-state index in [4.69, 9.17) is 4.74 Å². The molecular formula is C23H26N4O2S. The number of nitrogens with zero attached hydrogens (tertiary/aromatic N) is 3. The molecule has 1 amide bonds. The Kier molecular flexibility index (Phi) is 6.71. The molecular weight excluding hydrogens is 396 g/mol. The number of benzene rings is 1. The third kappa shape index (κ3) is 5.04. The summed E-state index contributed by atoms with van der Waals surface area (Å²) in [4.78, 5) is 24.0. The van der Waals surface area contributed by atoms with Gasteiger partial charge in [-0.2, -0.15) is 0 Å². The average molecular weight is 423 g/mol. The van der Waals surface area contributed by atoms with Crippen LogP contribution in [-0.4, -0.2) is 41.0 Å². The molecule has 0 radical (unpaired) electrons. The summed E-state index contributed by atoms with van der Waals surface area (Å²) in [6.07, 6.45) is 5.60. The van der Waals surface area contributed by atoms with Crippen LogP contribution in [0.1, 0.15) is 39.9 Å². The van der Waals surface area contributed by atoms with Crippen molar-refractivity contribution >= 4 is 17.2 Å². The minimum atomic E-state index is -0.152. The van der Waals surface area contributed by atoms with E-state index < -0.39 is 0 Å². The smallest absolute Gasteiger partial charge is 0.270 e. The Hall–Kier alpha value is -2.77. The largest absolute Gasteiger partial charge is 0.497 e. The van der Waals surface area contributed by atoms with E-state index in [0.29, 0.717) is 11.6 Å². The lowest BCUT2D eigenvalue weighted by atomic mass is 9.90. The van der Waals surface area contributed by atoms with Gasteiger partial charge >= 0.3 is 0 Å². The Morgan fingerprint density at radius 1 is 1.27 bits per heavy atom. The monoisotopic (exact) mass is 422 g/mol. The van der Waals surface area contributed by atoms with E-state index in [1.54, 1.807) is 36.9 Å². The van der Waals surface area contributed by atoms with Crippen molar-refractivity contribution in [3.05, 3.63) is 76.5 Å². The zero-order valence-corrected chi connectivity index (χ0v) is 17.8. The number of rotatable bonds is 7. The van der Waals surface area contributed by atoms with Crippen molar-refractivity contribution < 1.29 is 9.53 Å². The highest BCUT2D eigenvalue weighted by molar-refractivity contribution is 7.09. The van der Waals surface area contributed by atoms with Crippen LogP contribution in [0.3, 0.4) is 0 Å². The number of hydrogen-bond acceptors (Lipinski definition) is 6. The number of aromatic nitrogens is 2. The molecule has 1 fully saturated rings. The highest BCUT2D eigenvalue weighted by Crippen LogP contribution is 2.32. The summed E-state index contributed by atoms with van der Waals surface area (Å²) < 4.78 is 5.36. The van der Waals surface area contributed by atoms with E-state index in [2.05, 4.69) is 32.3 Å². The predicted molar refractivity (Wildman–Crippen MR) is 118 cm³/mol. The quantitative estimate of drug-likeness (QED) is 0.625. The zero-order chi connectivity index (χ0) is 20.8. The molecule has 4 rings (SSSR count). The number of carbonyl (C=O) groups excluding carboxylic acids is 1. The van der Waals surface area contributed by atoms with E-state index >= 15 is 0 Å². The molecule has 156 valence electrons. The Morgan fingerprint density at radius 2 is 2.20 bits per heavy atom. The van der Waals surface area contributed by atoms with Crippen molar-refractivity contribution in [2.24, 2.45) is 5.92 Å². The van der Waals surface area contributed by atoms with Crippen molar-refractivity contribution in [2.75, 3.05) is 20.2 Å². The van der Waals surface area contributed by atoms with Gasteiger partial charge in [0.15, 0.2) is 0 Å². The summed E-state index contributed by atoms with van der Waals surface area (Å²) in [7, 11) is 1.69. The van der Waals surface area contributed by atoms with E-state index in [1.807, 2.05) is 29.6 Å². The standard InChI is InChI=1S/C23H26N4O2S/c1-29-19-8-4-6-17(14-19)15-27-12-5-7-18(16-27)21(23-25-11-13-30-23)26-22(28)20-9-2-3-10-24-20/h2-4,6,8-11,13-14,18,21H,5,7,12,15-16H2,1H3,(H,26,28)/t18-,21-/m1/s1. The maximum Gasteiger partial charge on any atom is 0.270 e. The number of hydrogen-bond donors (Lipinski definition) is 1. The summed E-state index contributed by atoms with van der Waals surface area (Å²) >= 11 is 1.59. The molecule has 1 saturated heterocycles. The fourth-order valence-corrected chi connectivity index (χ4v) is 4.80. The molecule has 0 aliphatic carbocycles. The highest BCUT2D eigenvalue weighted by atomic mass is 32.1. The number of nitrogens with one attached hydrogen (secondary N) is 1. The molecule has 6 nitrogen and oxygen atoms in total. The normalized spacial score (nSPS) is 18.0. The molecule has 0 unspecified atom stereocenters. The fourth-order valence-electron chi connectivity index (χ4n) is 4.02. The summed E-state index contributed by atoms with van der Waals surface area (Å²) in [5, 5.41) is 6.12. The lowest BCUT2D eigenvalue weighted by Crippen LogP contribution is -2.42. The number of carbonyl (C=O) groups is 1. The summed E-state index contributed by atoms with van der Waals surface area (Å²) in [5.41, 5.74) is 1.67. The Bertz CT molecular complexity index is 949. The van der Waals surface area contributed by atoms with Gasteiger partial charge in [0.05, 0.1) is 13.2 Å². The molecule has 7 heteroatoms. The van der Waals surface area contributed by atoms with Crippen molar-refractivity contribution in [1.29, 1.82) is 0 Å². The van der Waals surface area contributed by atoms with E-state index in [1.165, 1.54) is 5.56 Å². The van der Waals surface area contributed by atoms with Crippen LogP contribution in [0.4, 0.5) is 0 Å². The number of thiazole rings is 1. The van der Waals surface area contributed by atoms with Crippen LogP contribution in [0.15, 0.2) is 60.2 Å². The Morgan fingerprint density at radius 3 is 2.97 bits per heavy atom. The molecule has 1 N–H and O–H groups in total. The first-order valence-corrected chi connectivity index (χ1v) is 11.1. The SMILES string of the molecule is COc1cccc(CN2CCC[C@@H]([C@@H](NC(=O)c3ccccn3)c3nccs3)C2)c1. The Labute approximate surface area is 180 Å². The van der Waals surface area contributed by atoms with Crippen molar-refractivity contribution in [1.82, 2.24) is 20.2 Å². The van der Waals surface area contributed by atoms with Crippen molar-refractivity contribution in [3.8, 4) is 5.75 Å². The summed E-state index contributed by atoms with van der Waals surface area (Å²) in [5.74, 6) is 1.02. The number of likely N-dealkylation sites (tertiary alicyclic amines) is 1. The Balaban J connectivity index is 1.48. The number of pyridine rings is 1. The van der Waals surface area contributed by atoms with Gasteiger partial charge in [0.1, 0.15) is 16.5 Å². The molecule has 0 spiro atoms. The second-order valence-corrected chi connectivity index (χ2v) is 8.45. The van der Waals surface area contributed by atoms with E-state index in [0.717, 1.165) is 43.2 Å². The second kappa shape index (κ2) is 9.82. The van der Waals surface area contributed by atoms with Gasteiger partial charge in [0.25, 0.3) is 5.91 Å². The average Bonchev–Trinajstić information content (AvgIpc) is 3.33. The molecule has 1 aliphatic rings. The zero-order valence-electron chi connectivity index (χ0n) is 17.0. The molecule has 2 aromatic heterocycles. The molecule has 0 saturated carbocycles. The highest BCUT2D eigenvalue weighted by Gasteiger charge is 2.31. The van der Waals surface area contributed by atoms with Crippen LogP contribution in [0.25, 0.3) is 0 Å². The van der Waals surface area contributed by atoms with E-state index in [-0.39, 0.29) is 11.9 Å². The van der Waals surface area contributed by atoms with Gasteiger partial charge in [0.2, 0.25) is 0 Å². The van der Waals surface area contributed by atoms with Crippen LogP contribution in [-0.2, 0) is 6.54 Å². The first-order valence-electron chi connectivity index (χ1n) is 10.2. The maximum atomic E-state index is 12.8. The van der Waals surface area contributed by atoms with Crippen LogP contribution in [0.2, 0.25) is 0 Å². The topological polar surface area (TPSA) is 67.3 Å². The lowest BCUT2D eigenvalue weighted by Gasteiger charge is -2.36. The molecule has 2 atom stereocenters. The second-order valence-electron chi connectivity index (χ2n) is 7.53. The minimum Gasteiger partial charge on any atom is -0.497 e. The first kappa shape index (κ1) is 20.5. The van der Waals surface area contributed by atoms with Gasteiger partial charge in [-0.1, -0.05) is 18.2 Å². The molecule has 3 aromatic rings. The van der Waals surface area contributed by atoms with Crippen LogP contribution in [0, 0.1) is 5.92 Å². The van der Waals surface area contributed by atoms with Gasteiger partial charge in [-0.3, -0.25) is 14.7 Å². The van der Waals surface area contributed by atoms with Gasteiger partial charge in [-0.15, -0.1) is 11.3 Å². The molecule has 1 aromatic carbocycles. The number of piperidine rings is 1. The van der Waals surface area contributed by atoms with Crippen LogP contribution < -0.4 is 10.1 Å². The van der Waals surface area contributed by atoms with Gasteiger partial charge in [-0.05, 0) is 55.1 Å². The van der Waals surface area contributed by atoms with Gasteiger partial charge in [0, 0.05) is 30.9 Å². The van der Waals surface area contributed by atoms with Crippen LogP contribution in [0.5, 0.6) is 5.75 Å². The molecule has 30 heavy (non-hydrogen) atoms. The summed E-state index contributed by atoms with van der Waals surface area (Å²) in [6.45, 7) is 2.82. The number of methoxy groups -OCH3 is 1. The van der Waals surface area contributed by atoms with Gasteiger partial charge < -0.3 is 10.1 Å². The first-order chi connectivity index (χ1) is 14.7. The third-order valence-electron chi connectivity index (χ3n) is 5.46. The summed E-state index contributed by atoms with van der Waals surface area (Å²) in [6, 6.07) is 13.5. The van der Waals surface area contributed by atoms with Gasteiger partial charge in [-0.25, -0.2) is 4.98 Å². The molecule has 3 heterocycles. The lowest BCUT2D eigenvalue weighted by molar-refractivity contribution is 0.0873. The third-order valence-corrected chi connectivity index (χ3v) is 6.31. The number of amides is 1. The van der Waals surface area contributed by atoms with Crippen molar-refractivity contribution in [2.45, 2.75) is 25.4 Å². The van der Waals surface area contributed by atoms with Crippen molar-refractivity contribution in [3.63, 3.8) is 0 Å². The minimum absolute atomic E-state index is 0.118. The van der Waals surface area contributed by atoms with Crippen LogP contribution >= 0.6 is 11.3 Å². The molecule has 0 bridgehead atoms. The molecule has 1 aliphatic heterocycles. The predicted octanol–water partition coefficient (Wildman–Crippen LogP) is 3.93. The maximum absolute atomic E-state index is 12.8. The number of ether oxygens (including phenoxy) is 1.